The molecule has 148 valence electrons. The number of anilines is 1. The number of amides is 1. The number of benzene rings is 1. The topological polar surface area (TPSA) is 75.3 Å². The van der Waals surface area contributed by atoms with Gasteiger partial charge in [-0.3, -0.25) is 4.79 Å². The maximum atomic E-state index is 12.6. The smallest absolute Gasteiger partial charge is 0.292 e. The van der Waals surface area contributed by atoms with Crippen molar-refractivity contribution in [3.63, 3.8) is 0 Å². The number of rotatable bonds is 5. The molecule has 3 aromatic rings. The second kappa shape index (κ2) is 8.32. The number of aryl methyl sites for hydroxylation is 2. The fourth-order valence-corrected chi connectivity index (χ4v) is 4.73. The van der Waals surface area contributed by atoms with Crippen LogP contribution in [0.5, 0.6) is 5.75 Å². The van der Waals surface area contributed by atoms with Crippen molar-refractivity contribution in [3.05, 3.63) is 68.4 Å². The Hall–Kier alpha value is -2.75. The molecule has 5 nitrogen and oxygen atoms in total. The van der Waals surface area contributed by atoms with Crippen LogP contribution in [0.2, 0.25) is 5.02 Å². The van der Waals surface area contributed by atoms with E-state index in [0.717, 1.165) is 36.8 Å². The Morgan fingerprint density at radius 1 is 1.31 bits per heavy atom. The molecule has 0 atom stereocenters. The summed E-state index contributed by atoms with van der Waals surface area (Å²) in [6.45, 7) is 2.10. The number of hydrogen-bond donors (Lipinski definition) is 1. The summed E-state index contributed by atoms with van der Waals surface area (Å²) < 4.78 is 11.3. The average Bonchev–Trinajstić information content (AvgIpc) is 3.33. The molecule has 2 aromatic heterocycles. The fourth-order valence-electron chi connectivity index (χ4n) is 3.38. The average molecular weight is 427 g/mol. The van der Waals surface area contributed by atoms with Crippen molar-refractivity contribution in [2.75, 3.05) is 5.32 Å². The summed E-state index contributed by atoms with van der Waals surface area (Å²) in [6, 6.07) is 11.0. The first-order valence-electron chi connectivity index (χ1n) is 9.39. The number of thiophene rings is 1. The molecule has 29 heavy (non-hydrogen) atoms. The molecule has 0 radical (unpaired) electrons. The molecule has 7 heteroatoms. The van der Waals surface area contributed by atoms with Crippen molar-refractivity contribution in [2.24, 2.45) is 0 Å². The molecule has 1 aliphatic rings. The van der Waals surface area contributed by atoms with Crippen molar-refractivity contribution in [1.29, 1.82) is 5.26 Å². The molecule has 0 saturated heterocycles. The summed E-state index contributed by atoms with van der Waals surface area (Å²) >= 11 is 7.51. The monoisotopic (exact) mass is 426 g/mol. The number of nitrogens with one attached hydrogen (secondary N) is 1. The van der Waals surface area contributed by atoms with Crippen LogP contribution in [-0.2, 0) is 19.4 Å². The Kier molecular flexibility index (Phi) is 5.61. The van der Waals surface area contributed by atoms with Crippen LogP contribution < -0.4 is 10.1 Å². The molecule has 0 spiro atoms. The maximum absolute atomic E-state index is 12.6. The van der Waals surface area contributed by atoms with Gasteiger partial charge in [0.1, 0.15) is 29.2 Å². The first kappa shape index (κ1) is 19.6. The van der Waals surface area contributed by atoms with Gasteiger partial charge < -0.3 is 14.5 Å². The number of nitrogens with zero attached hydrogens (tertiary/aromatic N) is 1. The Bertz CT molecular complexity index is 1110. The van der Waals surface area contributed by atoms with Crippen LogP contribution in [0.4, 0.5) is 5.00 Å². The van der Waals surface area contributed by atoms with Gasteiger partial charge in [0.05, 0.1) is 5.56 Å². The number of halogens is 1. The molecule has 4 rings (SSSR count). The van der Waals surface area contributed by atoms with Gasteiger partial charge in [-0.2, -0.15) is 5.26 Å². The van der Waals surface area contributed by atoms with Gasteiger partial charge in [-0.15, -0.1) is 11.3 Å². The summed E-state index contributed by atoms with van der Waals surface area (Å²) in [7, 11) is 0. The van der Waals surface area contributed by atoms with Gasteiger partial charge in [-0.1, -0.05) is 11.6 Å². The molecule has 1 N–H and O–H groups in total. The van der Waals surface area contributed by atoms with E-state index in [1.807, 2.05) is 13.0 Å². The van der Waals surface area contributed by atoms with Gasteiger partial charge in [0, 0.05) is 9.90 Å². The zero-order valence-corrected chi connectivity index (χ0v) is 17.5. The Morgan fingerprint density at radius 3 is 2.93 bits per heavy atom. The van der Waals surface area contributed by atoms with E-state index in [1.165, 1.54) is 16.2 Å². The minimum Gasteiger partial charge on any atom is -0.486 e. The quantitative estimate of drug-likeness (QED) is 0.552. The molecular formula is C22H19ClN2O3S. The molecule has 0 fully saturated rings. The lowest BCUT2D eigenvalue weighted by atomic mass is 9.96. The molecule has 0 saturated carbocycles. The van der Waals surface area contributed by atoms with E-state index >= 15 is 0 Å². The third-order valence-corrected chi connectivity index (χ3v) is 6.54. The number of hydrogen-bond acceptors (Lipinski definition) is 5. The molecule has 1 aromatic carbocycles. The number of fused-ring (bicyclic) bond motifs is 1. The minimum atomic E-state index is -0.367. The van der Waals surface area contributed by atoms with Crippen molar-refractivity contribution in [3.8, 4) is 11.8 Å². The fraction of sp³-hybridized carbons (Fsp3) is 0.273. The first-order chi connectivity index (χ1) is 14.0. The van der Waals surface area contributed by atoms with E-state index in [1.54, 1.807) is 24.3 Å². The highest BCUT2D eigenvalue weighted by Crippen LogP contribution is 2.37. The van der Waals surface area contributed by atoms with E-state index in [2.05, 4.69) is 11.4 Å². The second-order valence-electron chi connectivity index (χ2n) is 6.95. The number of carbonyl (C=O) groups excluding carboxylic acids is 1. The molecule has 2 heterocycles. The van der Waals surface area contributed by atoms with Crippen LogP contribution in [0, 0.1) is 18.3 Å². The number of nitriles is 1. The molecule has 1 amide bonds. The lowest BCUT2D eigenvalue weighted by molar-refractivity contribution is 0.0993. The SMILES string of the molecule is Cc1cc(OCc2ccc(C(=O)Nc3sc4c(c3C#N)CCCC4)o2)ccc1Cl. The largest absolute Gasteiger partial charge is 0.486 e. The highest BCUT2D eigenvalue weighted by Gasteiger charge is 2.23. The zero-order valence-electron chi connectivity index (χ0n) is 15.9. The van der Waals surface area contributed by atoms with E-state index < -0.39 is 0 Å². The highest BCUT2D eigenvalue weighted by molar-refractivity contribution is 7.16. The summed E-state index contributed by atoms with van der Waals surface area (Å²) in [4.78, 5) is 13.8. The van der Waals surface area contributed by atoms with E-state index in [-0.39, 0.29) is 18.3 Å². The van der Waals surface area contributed by atoms with Gasteiger partial charge in [-0.05, 0) is 74.1 Å². The lowest BCUT2D eigenvalue weighted by Crippen LogP contribution is -2.11. The van der Waals surface area contributed by atoms with Crippen LogP contribution in [0.15, 0.2) is 34.7 Å². The maximum Gasteiger partial charge on any atom is 0.292 e. The van der Waals surface area contributed by atoms with Gasteiger partial charge in [-0.25, -0.2) is 0 Å². The Labute approximate surface area is 177 Å². The number of carbonyl (C=O) groups is 1. The van der Waals surface area contributed by atoms with Crippen LogP contribution >= 0.6 is 22.9 Å². The predicted molar refractivity (Wildman–Crippen MR) is 113 cm³/mol. The zero-order chi connectivity index (χ0) is 20.4. The normalized spacial score (nSPS) is 12.9. The molecule has 0 bridgehead atoms. The third kappa shape index (κ3) is 4.16. The van der Waals surface area contributed by atoms with E-state index in [9.17, 15) is 10.1 Å². The van der Waals surface area contributed by atoms with Crippen molar-refractivity contribution in [2.45, 2.75) is 39.2 Å². The van der Waals surface area contributed by atoms with Crippen LogP contribution in [0.3, 0.4) is 0 Å². The van der Waals surface area contributed by atoms with Crippen molar-refractivity contribution >= 4 is 33.8 Å². The van der Waals surface area contributed by atoms with Gasteiger partial charge in [0.2, 0.25) is 0 Å². The molecule has 0 unspecified atom stereocenters. The third-order valence-electron chi connectivity index (χ3n) is 4.91. The summed E-state index contributed by atoms with van der Waals surface area (Å²) in [6.07, 6.45) is 4.08. The Balaban J connectivity index is 1.43. The first-order valence-corrected chi connectivity index (χ1v) is 10.6. The molecule has 1 aliphatic carbocycles. The second-order valence-corrected chi connectivity index (χ2v) is 8.46. The van der Waals surface area contributed by atoms with Gasteiger partial charge >= 0.3 is 0 Å². The van der Waals surface area contributed by atoms with Crippen molar-refractivity contribution in [1.82, 2.24) is 0 Å². The minimum absolute atomic E-state index is 0.186. The molecule has 0 aliphatic heterocycles. The molecular weight excluding hydrogens is 408 g/mol. The predicted octanol–water partition coefficient (Wildman–Crippen LogP) is 5.88. The highest BCUT2D eigenvalue weighted by atomic mass is 35.5. The summed E-state index contributed by atoms with van der Waals surface area (Å²) in [5, 5.41) is 13.7. The standard InChI is InChI=1S/C22H19ClN2O3S/c1-13-10-14(6-8-18(13)23)27-12-15-7-9-19(28-15)21(26)25-22-17(11-24)16-4-2-3-5-20(16)29-22/h6-10H,2-5,12H2,1H3,(H,25,26). The van der Waals surface area contributed by atoms with E-state index in [0.29, 0.717) is 27.1 Å². The van der Waals surface area contributed by atoms with Gasteiger partial charge in [0.15, 0.2) is 5.76 Å². The Morgan fingerprint density at radius 2 is 2.14 bits per heavy atom. The summed E-state index contributed by atoms with van der Waals surface area (Å²) in [5.74, 6) is 1.03. The van der Waals surface area contributed by atoms with Crippen molar-refractivity contribution < 1.29 is 13.9 Å². The van der Waals surface area contributed by atoms with Crippen LogP contribution in [-0.4, -0.2) is 5.91 Å². The lowest BCUT2D eigenvalue weighted by Gasteiger charge is -2.09. The number of furan rings is 1. The van der Waals surface area contributed by atoms with Gasteiger partial charge in [0.25, 0.3) is 5.91 Å². The summed E-state index contributed by atoms with van der Waals surface area (Å²) in [5.41, 5.74) is 2.60. The van der Waals surface area contributed by atoms with E-state index in [4.69, 9.17) is 20.8 Å². The van der Waals surface area contributed by atoms with Crippen LogP contribution in [0.25, 0.3) is 0 Å². The van der Waals surface area contributed by atoms with Crippen LogP contribution in [0.1, 0.15) is 50.7 Å². The number of ether oxygens (including phenoxy) is 1.